The van der Waals surface area contributed by atoms with Gasteiger partial charge in [-0.05, 0) is 58.4 Å². The van der Waals surface area contributed by atoms with Gasteiger partial charge in [-0.3, -0.25) is 9.59 Å². The molecule has 6 heteroatoms. The van der Waals surface area contributed by atoms with Gasteiger partial charge >= 0.3 is 0 Å². The Morgan fingerprint density at radius 1 is 1.08 bits per heavy atom. The molecule has 0 aliphatic carbocycles. The number of hydrogen-bond acceptors (Lipinski definition) is 3. The number of carbonyl (C=O) groups excluding carboxylic acids is 2. The van der Waals surface area contributed by atoms with Crippen LogP contribution < -0.4 is 10.6 Å². The van der Waals surface area contributed by atoms with Crippen molar-refractivity contribution in [2.75, 3.05) is 5.32 Å². The fraction of sp³-hybridized carbons (Fsp3) is 0.421. The minimum atomic E-state index is -0.0836. The van der Waals surface area contributed by atoms with Crippen molar-refractivity contribution < 1.29 is 9.59 Å². The van der Waals surface area contributed by atoms with E-state index < -0.39 is 0 Å². The van der Waals surface area contributed by atoms with Crippen LogP contribution in [0, 0.1) is 13.8 Å². The Labute approximate surface area is 148 Å². The first-order valence-electron chi connectivity index (χ1n) is 8.57. The van der Waals surface area contributed by atoms with Crippen molar-refractivity contribution in [1.29, 1.82) is 0 Å². The third kappa shape index (κ3) is 5.45. The molecule has 0 saturated heterocycles. The van der Waals surface area contributed by atoms with E-state index >= 15 is 0 Å². The van der Waals surface area contributed by atoms with Crippen LogP contribution in [0.25, 0.3) is 5.69 Å². The molecule has 2 rings (SSSR count). The highest BCUT2D eigenvalue weighted by atomic mass is 16.2. The maximum atomic E-state index is 12.0. The first kappa shape index (κ1) is 18.7. The molecule has 0 aliphatic rings. The lowest BCUT2D eigenvalue weighted by Gasteiger charge is -2.09. The molecule has 0 saturated carbocycles. The molecule has 0 bridgehead atoms. The zero-order valence-corrected chi connectivity index (χ0v) is 15.3. The van der Waals surface area contributed by atoms with Crippen molar-refractivity contribution in [3.63, 3.8) is 0 Å². The second-order valence-electron chi connectivity index (χ2n) is 6.46. The van der Waals surface area contributed by atoms with Crippen molar-refractivity contribution in [2.24, 2.45) is 0 Å². The molecule has 0 fully saturated rings. The molecule has 0 spiro atoms. The Morgan fingerprint density at radius 3 is 2.28 bits per heavy atom. The van der Waals surface area contributed by atoms with Crippen molar-refractivity contribution >= 4 is 17.5 Å². The fourth-order valence-electron chi connectivity index (χ4n) is 2.49. The van der Waals surface area contributed by atoms with Gasteiger partial charge in [-0.25, -0.2) is 4.98 Å². The molecule has 134 valence electrons. The van der Waals surface area contributed by atoms with E-state index in [9.17, 15) is 9.59 Å². The smallest absolute Gasteiger partial charge is 0.224 e. The lowest BCUT2D eigenvalue weighted by Crippen LogP contribution is -2.30. The summed E-state index contributed by atoms with van der Waals surface area (Å²) >= 11 is 0. The third-order valence-corrected chi connectivity index (χ3v) is 3.94. The van der Waals surface area contributed by atoms with Crippen LogP contribution in [-0.4, -0.2) is 27.4 Å². The van der Waals surface area contributed by atoms with Crippen molar-refractivity contribution in [2.45, 2.75) is 53.0 Å². The Morgan fingerprint density at radius 2 is 1.72 bits per heavy atom. The van der Waals surface area contributed by atoms with Gasteiger partial charge in [0.1, 0.15) is 0 Å². The largest absolute Gasteiger partial charge is 0.354 e. The summed E-state index contributed by atoms with van der Waals surface area (Å²) in [6.07, 6.45) is 3.02. The maximum absolute atomic E-state index is 12.0. The molecule has 0 atom stereocenters. The monoisotopic (exact) mass is 342 g/mol. The van der Waals surface area contributed by atoms with Gasteiger partial charge in [-0.2, -0.15) is 0 Å². The van der Waals surface area contributed by atoms with E-state index in [1.165, 1.54) is 0 Å². The predicted octanol–water partition coefficient (Wildman–Crippen LogP) is 3.12. The normalized spacial score (nSPS) is 10.8. The molecule has 1 aromatic carbocycles. The van der Waals surface area contributed by atoms with Crippen molar-refractivity contribution in [1.82, 2.24) is 14.9 Å². The lowest BCUT2D eigenvalue weighted by molar-refractivity contribution is -0.121. The Bertz CT molecular complexity index is 732. The van der Waals surface area contributed by atoms with E-state index in [2.05, 4.69) is 15.6 Å². The molecule has 2 amide bonds. The zero-order valence-electron chi connectivity index (χ0n) is 15.3. The van der Waals surface area contributed by atoms with Crippen LogP contribution in [0.2, 0.25) is 0 Å². The van der Waals surface area contributed by atoms with Crippen LogP contribution in [0.5, 0.6) is 0 Å². The van der Waals surface area contributed by atoms with Gasteiger partial charge in [-0.15, -0.1) is 0 Å². The molecule has 6 nitrogen and oxygen atoms in total. The van der Waals surface area contributed by atoms with Gasteiger partial charge in [0.15, 0.2) is 0 Å². The van der Waals surface area contributed by atoms with Crippen LogP contribution in [0.3, 0.4) is 0 Å². The molecule has 1 aromatic heterocycles. The molecular formula is C19H26N4O2. The number of benzene rings is 1. The van der Waals surface area contributed by atoms with E-state index in [4.69, 9.17) is 0 Å². The summed E-state index contributed by atoms with van der Waals surface area (Å²) < 4.78 is 2.01. The third-order valence-electron chi connectivity index (χ3n) is 3.94. The van der Waals surface area contributed by atoms with E-state index in [0.29, 0.717) is 19.3 Å². The van der Waals surface area contributed by atoms with Gasteiger partial charge in [0, 0.05) is 36.0 Å². The van der Waals surface area contributed by atoms with E-state index in [0.717, 1.165) is 22.8 Å². The first-order chi connectivity index (χ1) is 11.9. The number of nitrogens with one attached hydrogen (secondary N) is 2. The van der Waals surface area contributed by atoms with Crippen LogP contribution >= 0.6 is 0 Å². The van der Waals surface area contributed by atoms with E-state index in [1.807, 2.05) is 56.5 Å². The van der Waals surface area contributed by atoms with Gasteiger partial charge in [0.2, 0.25) is 11.8 Å². The average Bonchev–Trinajstić information content (AvgIpc) is 2.87. The minimum Gasteiger partial charge on any atom is -0.354 e. The number of amides is 2. The number of imidazole rings is 1. The lowest BCUT2D eigenvalue weighted by atomic mass is 10.2. The maximum Gasteiger partial charge on any atom is 0.224 e. The van der Waals surface area contributed by atoms with Crippen molar-refractivity contribution in [3.05, 3.63) is 42.0 Å². The van der Waals surface area contributed by atoms with E-state index in [-0.39, 0.29) is 17.9 Å². The molecular weight excluding hydrogens is 316 g/mol. The topological polar surface area (TPSA) is 76.0 Å². The molecule has 2 aromatic rings. The van der Waals surface area contributed by atoms with E-state index in [1.54, 1.807) is 6.33 Å². The summed E-state index contributed by atoms with van der Waals surface area (Å²) in [5, 5.41) is 5.68. The highest BCUT2D eigenvalue weighted by Gasteiger charge is 2.08. The number of aromatic nitrogens is 2. The average molecular weight is 342 g/mol. The first-order valence-corrected chi connectivity index (χ1v) is 8.57. The van der Waals surface area contributed by atoms with Gasteiger partial charge in [-0.1, -0.05) is 0 Å². The second kappa shape index (κ2) is 8.46. The summed E-state index contributed by atoms with van der Waals surface area (Å²) in [6, 6.07) is 7.75. The zero-order chi connectivity index (χ0) is 18.4. The predicted molar refractivity (Wildman–Crippen MR) is 98.8 cm³/mol. The number of nitrogens with zero attached hydrogens (tertiary/aromatic N) is 2. The van der Waals surface area contributed by atoms with Crippen LogP contribution in [-0.2, 0) is 9.59 Å². The molecule has 1 heterocycles. The Hall–Kier alpha value is -2.63. The number of carbonyl (C=O) groups is 2. The van der Waals surface area contributed by atoms with Gasteiger partial charge < -0.3 is 15.2 Å². The molecule has 25 heavy (non-hydrogen) atoms. The molecule has 0 unspecified atom stereocenters. The number of hydrogen-bond donors (Lipinski definition) is 2. The number of anilines is 1. The fourth-order valence-corrected chi connectivity index (χ4v) is 2.49. The molecule has 0 aliphatic heterocycles. The number of aryl methyl sites for hydroxylation is 1. The minimum absolute atomic E-state index is 0.0156. The summed E-state index contributed by atoms with van der Waals surface area (Å²) in [5.74, 6) is -0.0992. The summed E-state index contributed by atoms with van der Waals surface area (Å²) in [7, 11) is 0. The summed E-state index contributed by atoms with van der Waals surface area (Å²) in [6.45, 7) is 7.83. The Kier molecular flexibility index (Phi) is 6.33. The standard InChI is InChI=1S/C19H26N4O2/c1-13(2)21-18(24)6-5-7-19(25)22-16-8-10-17(11-9-16)23-12-20-14(3)15(23)4/h8-13H,5-7H2,1-4H3,(H,21,24)(H,22,25). The Balaban J connectivity index is 1.83. The van der Waals surface area contributed by atoms with Gasteiger partial charge in [0.05, 0.1) is 12.0 Å². The SMILES string of the molecule is Cc1ncn(-c2ccc(NC(=O)CCCC(=O)NC(C)C)cc2)c1C. The van der Waals surface area contributed by atoms with Crippen molar-refractivity contribution in [3.8, 4) is 5.69 Å². The highest BCUT2D eigenvalue weighted by molar-refractivity contribution is 5.91. The molecule has 2 N–H and O–H groups in total. The summed E-state index contributed by atoms with van der Waals surface area (Å²) in [4.78, 5) is 27.8. The van der Waals surface area contributed by atoms with Crippen LogP contribution in [0.15, 0.2) is 30.6 Å². The highest BCUT2D eigenvalue weighted by Crippen LogP contribution is 2.17. The van der Waals surface area contributed by atoms with Crippen LogP contribution in [0.4, 0.5) is 5.69 Å². The molecule has 0 radical (unpaired) electrons. The summed E-state index contributed by atoms with van der Waals surface area (Å²) in [5.41, 5.74) is 3.84. The van der Waals surface area contributed by atoms with Gasteiger partial charge in [0.25, 0.3) is 0 Å². The quantitative estimate of drug-likeness (QED) is 0.812. The number of rotatable bonds is 7. The van der Waals surface area contributed by atoms with Crippen LogP contribution in [0.1, 0.15) is 44.5 Å². The second-order valence-corrected chi connectivity index (χ2v) is 6.46.